The van der Waals surface area contributed by atoms with E-state index in [0.717, 1.165) is 25.7 Å². The van der Waals surface area contributed by atoms with Crippen LogP contribution in [0.1, 0.15) is 36.0 Å². The van der Waals surface area contributed by atoms with Gasteiger partial charge in [-0.1, -0.05) is 11.6 Å². The molecular formula is C17H23ClN4O2. The summed E-state index contributed by atoms with van der Waals surface area (Å²) in [6.45, 7) is 1.19. The van der Waals surface area contributed by atoms with E-state index in [2.05, 4.69) is 5.32 Å². The monoisotopic (exact) mass is 350 g/mol. The minimum absolute atomic E-state index is 0.109. The van der Waals surface area contributed by atoms with Gasteiger partial charge in [-0.05, 0) is 43.9 Å². The van der Waals surface area contributed by atoms with Crippen LogP contribution in [0.4, 0.5) is 10.5 Å². The number of rotatable bonds is 3. The van der Waals surface area contributed by atoms with E-state index in [1.165, 1.54) is 0 Å². The van der Waals surface area contributed by atoms with E-state index in [1.807, 2.05) is 7.05 Å². The molecule has 1 saturated carbocycles. The zero-order valence-corrected chi connectivity index (χ0v) is 14.6. The highest BCUT2D eigenvalue weighted by Crippen LogP contribution is 2.28. The van der Waals surface area contributed by atoms with Gasteiger partial charge in [-0.15, -0.1) is 0 Å². The number of anilines is 1. The first-order chi connectivity index (χ1) is 11.5. The third-order valence-electron chi connectivity index (χ3n) is 4.96. The number of nitrogens with zero attached hydrogens (tertiary/aromatic N) is 2. The molecule has 0 atom stereocenters. The lowest BCUT2D eigenvalue weighted by Gasteiger charge is -2.33. The average Bonchev–Trinajstić information content (AvgIpc) is 3.01. The third-order valence-corrected chi connectivity index (χ3v) is 5.29. The van der Waals surface area contributed by atoms with Gasteiger partial charge in [0.25, 0.3) is 5.91 Å². The standard InChI is InChI=1S/C17H23ClN4O2/c1-21(12-4-2-11(19)3-5-12)16(23)14-10-13(6-7-15(14)18)22-9-8-20-17(22)24/h6-7,10-12H,2-5,8-9,19H2,1H3,(H,20,24). The van der Waals surface area contributed by atoms with Crippen LogP contribution in [0.3, 0.4) is 0 Å². The highest BCUT2D eigenvalue weighted by atomic mass is 35.5. The Morgan fingerprint density at radius 1 is 1.33 bits per heavy atom. The minimum atomic E-state index is -0.148. The maximum atomic E-state index is 12.9. The van der Waals surface area contributed by atoms with E-state index < -0.39 is 0 Å². The number of halogens is 1. The van der Waals surface area contributed by atoms with Crippen molar-refractivity contribution in [1.29, 1.82) is 0 Å². The first kappa shape index (κ1) is 17.0. The number of amides is 3. The Morgan fingerprint density at radius 2 is 2.04 bits per heavy atom. The Kier molecular flexibility index (Phi) is 4.96. The number of urea groups is 1. The van der Waals surface area contributed by atoms with E-state index in [-0.39, 0.29) is 24.0 Å². The normalized spacial score (nSPS) is 24.0. The lowest BCUT2D eigenvalue weighted by Crippen LogP contribution is -2.42. The topological polar surface area (TPSA) is 78.7 Å². The molecule has 0 radical (unpaired) electrons. The molecule has 2 aliphatic rings. The Labute approximate surface area is 146 Å². The smallest absolute Gasteiger partial charge is 0.321 e. The van der Waals surface area contributed by atoms with Gasteiger partial charge >= 0.3 is 6.03 Å². The maximum Gasteiger partial charge on any atom is 0.321 e. The molecule has 3 amide bonds. The highest BCUT2D eigenvalue weighted by Gasteiger charge is 2.28. The van der Waals surface area contributed by atoms with Crippen molar-refractivity contribution in [3.05, 3.63) is 28.8 Å². The Bertz CT molecular complexity index is 643. The van der Waals surface area contributed by atoms with Gasteiger partial charge in [0.2, 0.25) is 0 Å². The molecule has 130 valence electrons. The Balaban J connectivity index is 1.79. The molecule has 3 N–H and O–H groups in total. The molecule has 1 aliphatic heterocycles. The second-order valence-corrected chi connectivity index (χ2v) is 6.94. The van der Waals surface area contributed by atoms with Crippen LogP contribution in [0, 0.1) is 0 Å². The average molecular weight is 351 g/mol. The van der Waals surface area contributed by atoms with Crippen molar-refractivity contribution >= 4 is 29.2 Å². The first-order valence-corrected chi connectivity index (χ1v) is 8.73. The molecule has 7 heteroatoms. The number of benzene rings is 1. The van der Waals surface area contributed by atoms with E-state index in [4.69, 9.17) is 17.3 Å². The molecule has 1 aliphatic carbocycles. The maximum absolute atomic E-state index is 12.9. The summed E-state index contributed by atoms with van der Waals surface area (Å²) >= 11 is 6.25. The molecule has 1 heterocycles. The van der Waals surface area contributed by atoms with Crippen molar-refractivity contribution in [2.75, 3.05) is 25.0 Å². The molecule has 24 heavy (non-hydrogen) atoms. The van der Waals surface area contributed by atoms with Crippen LogP contribution in [0.25, 0.3) is 0 Å². The van der Waals surface area contributed by atoms with Crippen LogP contribution in [0.5, 0.6) is 0 Å². The van der Waals surface area contributed by atoms with E-state index in [1.54, 1.807) is 28.0 Å². The molecule has 1 aromatic carbocycles. The third kappa shape index (κ3) is 3.35. The van der Waals surface area contributed by atoms with Crippen LogP contribution >= 0.6 is 11.6 Å². The fourth-order valence-corrected chi connectivity index (χ4v) is 3.61. The van der Waals surface area contributed by atoms with Gasteiger partial charge < -0.3 is 16.0 Å². The van der Waals surface area contributed by atoms with Crippen LogP contribution in [-0.2, 0) is 0 Å². The SMILES string of the molecule is CN(C(=O)c1cc(N2CCNC2=O)ccc1Cl)C1CCC(N)CC1. The van der Waals surface area contributed by atoms with Gasteiger partial charge in [0.05, 0.1) is 10.6 Å². The summed E-state index contributed by atoms with van der Waals surface area (Å²) in [5.74, 6) is -0.109. The molecule has 0 unspecified atom stereocenters. The summed E-state index contributed by atoms with van der Waals surface area (Å²) in [5, 5.41) is 3.16. The van der Waals surface area contributed by atoms with Gasteiger partial charge in [-0.25, -0.2) is 4.79 Å². The molecule has 0 aromatic heterocycles. The van der Waals surface area contributed by atoms with Gasteiger partial charge in [0, 0.05) is 37.9 Å². The summed E-state index contributed by atoms with van der Waals surface area (Å²) < 4.78 is 0. The second kappa shape index (κ2) is 6.99. The summed E-state index contributed by atoms with van der Waals surface area (Å²) in [6.07, 6.45) is 3.69. The summed E-state index contributed by atoms with van der Waals surface area (Å²) in [5.41, 5.74) is 7.07. The molecular weight excluding hydrogens is 328 g/mol. The van der Waals surface area contributed by atoms with E-state index in [9.17, 15) is 9.59 Å². The van der Waals surface area contributed by atoms with Crippen molar-refractivity contribution in [3.8, 4) is 0 Å². The zero-order chi connectivity index (χ0) is 17.3. The highest BCUT2D eigenvalue weighted by molar-refractivity contribution is 6.34. The van der Waals surface area contributed by atoms with Gasteiger partial charge in [-0.2, -0.15) is 0 Å². The largest absolute Gasteiger partial charge is 0.339 e. The molecule has 1 saturated heterocycles. The number of carbonyl (C=O) groups excluding carboxylic acids is 2. The lowest BCUT2D eigenvalue weighted by molar-refractivity contribution is 0.0690. The first-order valence-electron chi connectivity index (χ1n) is 8.35. The van der Waals surface area contributed by atoms with Gasteiger partial charge in [-0.3, -0.25) is 9.69 Å². The van der Waals surface area contributed by atoms with Crippen molar-refractivity contribution in [1.82, 2.24) is 10.2 Å². The molecule has 3 rings (SSSR count). The van der Waals surface area contributed by atoms with Crippen molar-refractivity contribution in [3.63, 3.8) is 0 Å². The molecule has 0 bridgehead atoms. The second-order valence-electron chi connectivity index (χ2n) is 6.53. The molecule has 1 aromatic rings. The lowest BCUT2D eigenvalue weighted by atomic mass is 9.90. The zero-order valence-electron chi connectivity index (χ0n) is 13.8. The predicted molar refractivity (Wildman–Crippen MR) is 94.5 cm³/mol. The quantitative estimate of drug-likeness (QED) is 0.877. The van der Waals surface area contributed by atoms with Crippen LogP contribution in [0.15, 0.2) is 18.2 Å². The summed E-state index contributed by atoms with van der Waals surface area (Å²) in [6, 6.07) is 5.44. The summed E-state index contributed by atoms with van der Waals surface area (Å²) in [4.78, 5) is 28.1. The minimum Gasteiger partial charge on any atom is -0.339 e. The number of hydrogen-bond donors (Lipinski definition) is 2. The number of hydrogen-bond acceptors (Lipinski definition) is 3. The number of nitrogens with one attached hydrogen (secondary N) is 1. The fourth-order valence-electron chi connectivity index (χ4n) is 3.41. The van der Waals surface area contributed by atoms with Crippen molar-refractivity contribution < 1.29 is 9.59 Å². The van der Waals surface area contributed by atoms with Gasteiger partial charge in [0.15, 0.2) is 0 Å². The van der Waals surface area contributed by atoms with E-state index >= 15 is 0 Å². The Hall–Kier alpha value is -1.79. The van der Waals surface area contributed by atoms with Crippen LogP contribution < -0.4 is 16.0 Å². The molecule has 6 nitrogen and oxygen atoms in total. The fraction of sp³-hybridized carbons (Fsp3) is 0.529. The Morgan fingerprint density at radius 3 is 2.67 bits per heavy atom. The van der Waals surface area contributed by atoms with Crippen molar-refractivity contribution in [2.24, 2.45) is 5.73 Å². The predicted octanol–water partition coefficient (Wildman–Crippen LogP) is 2.21. The van der Waals surface area contributed by atoms with Crippen LogP contribution in [-0.4, -0.2) is 49.1 Å². The summed E-state index contributed by atoms with van der Waals surface area (Å²) in [7, 11) is 1.81. The van der Waals surface area contributed by atoms with E-state index in [0.29, 0.717) is 29.4 Å². The number of carbonyl (C=O) groups is 2. The number of nitrogens with two attached hydrogens (primary N) is 1. The van der Waals surface area contributed by atoms with Crippen molar-refractivity contribution in [2.45, 2.75) is 37.8 Å². The molecule has 2 fully saturated rings. The van der Waals surface area contributed by atoms with Crippen LogP contribution in [0.2, 0.25) is 5.02 Å². The van der Waals surface area contributed by atoms with Gasteiger partial charge in [0.1, 0.15) is 0 Å². The molecule has 0 spiro atoms.